The molecular formula is C19H13F4NO5S2. The Morgan fingerprint density at radius 1 is 1.03 bits per heavy atom. The Balaban J connectivity index is 2.04. The molecule has 0 atom stereocenters. The van der Waals surface area contributed by atoms with Crippen LogP contribution in [0.15, 0.2) is 58.8 Å². The molecule has 3 aromatic rings. The van der Waals surface area contributed by atoms with Crippen LogP contribution in [0, 0.1) is 5.82 Å². The van der Waals surface area contributed by atoms with Gasteiger partial charge in [-0.05, 0) is 53.9 Å². The smallest absolute Gasteiger partial charge is 0.416 e. The number of thiophene rings is 1. The highest BCUT2D eigenvalue weighted by Gasteiger charge is 2.32. The van der Waals surface area contributed by atoms with Crippen LogP contribution in [0.2, 0.25) is 0 Å². The van der Waals surface area contributed by atoms with E-state index in [0.29, 0.717) is 12.1 Å². The molecule has 1 N–H and O–H groups in total. The van der Waals surface area contributed by atoms with Crippen molar-refractivity contribution >= 4 is 33.0 Å². The van der Waals surface area contributed by atoms with Gasteiger partial charge in [0.05, 0.1) is 23.3 Å². The topological polar surface area (TPSA) is 81.7 Å². The number of benzene rings is 2. The highest BCUT2D eigenvalue weighted by Crippen LogP contribution is 2.39. The van der Waals surface area contributed by atoms with Crippen LogP contribution < -0.4 is 9.46 Å². The zero-order chi connectivity index (χ0) is 22.8. The highest BCUT2D eigenvalue weighted by atomic mass is 32.2. The van der Waals surface area contributed by atoms with E-state index in [1.54, 1.807) is 0 Å². The third-order valence-corrected chi connectivity index (χ3v) is 6.15. The maximum Gasteiger partial charge on any atom is 0.416 e. The summed E-state index contributed by atoms with van der Waals surface area (Å²) in [4.78, 5) is 11.5. The van der Waals surface area contributed by atoms with Gasteiger partial charge in [-0.1, -0.05) is 0 Å². The molecule has 6 nitrogen and oxygen atoms in total. The molecule has 12 heteroatoms. The molecule has 164 valence electrons. The molecule has 31 heavy (non-hydrogen) atoms. The van der Waals surface area contributed by atoms with E-state index in [9.17, 15) is 30.8 Å². The molecule has 0 spiro atoms. The molecule has 0 saturated heterocycles. The minimum absolute atomic E-state index is 0.0289. The number of sulfonamides is 1. The van der Waals surface area contributed by atoms with Crippen LogP contribution in [0.3, 0.4) is 0 Å². The van der Waals surface area contributed by atoms with E-state index < -0.39 is 39.2 Å². The molecule has 0 bridgehead atoms. The van der Waals surface area contributed by atoms with E-state index in [2.05, 4.69) is 4.74 Å². The Labute approximate surface area is 178 Å². The van der Waals surface area contributed by atoms with Gasteiger partial charge in [-0.25, -0.2) is 17.6 Å². The van der Waals surface area contributed by atoms with Crippen molar-refractivity contribution in [2.24, 2.45) is 0 Å². The van der Waals surface area contributed by atoms with Gasteiger partial charge >= 0.3 is 12.1 Å². The maximum absolute atomic E-state index is 13.2. The van der Waals surface area contributed by atoms with Crippen LogP contribution in [0.1, 0.15) is 15.2 Å². The molecule has 0 amide bonds. The average Bonchev–Trinajstić information content (AvgIpc) is 3.16. The van der Waals surface area contributed by atoms with Crippen molar-refractivity contribution < 1.29 is 40.2 Å². The van der Waals surface area contributed by atoms with E-state index in [1.807, 2.05) is 4.72 Å². The number of alkyl halides is 3. The number of ether oxygens (including phenoxy) is 2. The summed E-state index contributed by atoms with van der Waals surface area (Å²) in [6.07, 6.45) is -4.76. The molecule has 0 fully saturated rings. The molecule has 2 aromatic carbocycles. The van der Waals surface area contributed by atoms with Gasteiger partial charge in [0, 0.05) is 0 Å². The van der Waals surface area contributed by atoms with Crippen molar-refractivity contribution in [1.29, 1.82) is 0 Å². The first-order valence-corrected chi connectivity index (χ1v) is 10.7. The van der Waals surface area contributed by atoms with E-state index in [1.165, 1.54) is 11.4 Å². The number of nitrogens with one attached hydrogen (secondary N) is 1. The van der Waals surface area contributed by atoms with E-state index in [-0.39, 0.29) is 21.3 Å². The van der Waals surface area contributed by atoms with Gasteiger partial charge in [-0.2, -0.15) is 13.2 Å². The van der Waals surface area contributed by atoms with Crippen LogP contribution >= 0.6 is 11.3 Å². The number of halogens is 4. The average molecular weight is 475 g/mol. The van der Waals surface area contributed by atoms with Crippen molar-refractivity contribution in [1.82, 2.24) is 0 Å². The maximum atomic E-state index is 13.2. The molecule has 0 aliphatic rings. The highest BCUT2D eigenvalue weighted by molar-refractivity contribution is 7.92. The fourth-order valence-electron chi connectivity index (χ4n) is 2.43. The lowest BCUT2D eigenvalue weighted by atomic mass is 10.2. The second-order valence-electron chi connectivity index (χ2n) is 5.98. The molecule has 0 aliphatic heterocycles. The molecule has 1 heterocycles. The number of methoxy groups -OCH3 is 1. The Morgan fingerprint density at radius 3 is 2.32 bits per heavy atom. The summed E-state index contributed by atoms with van der Waals surface area (Å²) in [5, 5.41) is 1.49. The fourth-order valence-corrected chi connectivity index (χ4v) is 4.22. The predicted molar refractivity (Wildman–Crippen MR) is 104 cm³/mol. The van der Waals surface area contributed by atoms with Crippen molar-refractivity contribution in [2.45, 2.75) is 11.1 Å². The summed E-state index contributed by atoms with van der Waals surface area (Å²) in [6.45, 7) is 0. The van der Waals surface area contributed by atoms with Gasteiger partial charge in [-0.15, -0.1) is 11.3 Å². The summed E-state index contributed by atoms with van der Waals surface area (Å²) in [5.41, 5.74) is -1.66. The summed E-state index contributed by atoms with van der Waals surface area (Å²) in [7, 11) is -3.23. The Bertz CT molecular complexity index is 1200. The van der Waals surface area contributed by atoms with E-state index in [0.717, 1.165) is 48.8 Å². The molecule has 3 rings (SSSR count). The zero-order valence-corrected chi connectivity index (χ0v) is 17.2. The summed E-state index contributed by atoms with van der Waals surface area (Å²) in [6, 6.07) is 7.27. The Hall–Kier alpha value is -3.12. The van der Waals surface area contributed by atoms with Gasteiger partial charge < -0.3 is 9.47 Å². The zero-order valence-electron chi connectivity index (χ0n) is 15.6. The van der Waals surface area contributed by atoms with Crippen molar-refractivity contribution in [2.75, 3.05) is 11.8 Å². The minimum Gasteiger partial charge on any atom is -0.465 e. The fraction of sp³-hybridized carbons (Fsp3) is 0.105. The normalized spacial score (nSPS) is 11.8. The number of esters is 1. The summed E-state index contributed by atoms with van der Waals surface area (Å²) < 4.78 is 90.0. The van der Waals surface area contributed by atoms with Gasteiger partial charge in [0.2, 0.25) is 0 Å². The standard InChI is InChI=1S/C19H13F4NO5S2/c1-28-18(25)17-16(8-9-30-17)29-15-7-2-11(19(21,22)23)10-14(15)24-31(26,27)13-5-3-12(20)4-6-13/h2-10,24H,1H3. The van der Waals surface area contributed by atoms with E-state index >= 15 is 0 Å². The van der Waals surface area contributed by atoms with Gasteiger partial charge in [0.15, 0.2) is 16.4 Å². The van der Waals surface area contributed by atoms with Crippen LogP contribution in [0.25, 0.3) is 0 Å². The molecule has 1 aromatic heterocycles. The molecular weight excluding hydrogens is 462 g/mol. The largest absolute Gasteiger partial charge is 0.465 e. The number of carbonyl (C=O) groups excluding carboxylic acids is 1. The quantitative estimate of drug-likeness (QED) is 0.387. The molecule has 0 saturated carbocycles. The molecule has 0 aliphatic carbocycles. The van der Waals surface area contributed by atoms with Gasteiger partial charge in [-0.3, -0.25) is 4.72 Å². The number of hydrogen-bond donors (Lipinski definition) is 1. The van der Waals surface area contributed by atoms with Gasteiger partial charge in [0.25, 0.3) is 10.0 Å². The lowest BCUT2D eigenvalue weighted by molar-refractivity contribution is -0.137. The van der Waals surface area contributed by atoms with Crippen LogP contribution in [0.5, 0.6) is 11.5 Å². The second-order valence-corrected chi connectivity index (χ2v) is 8.57. The lowest BCUT2D eigenvalue weighted by Gasteiger charge is -2.16. The predicted octanol–water partition coefficient (Wildman–Crippen LogP) is 5.29. The molecule has 0 radical (unpaired) electrons. The third-order valence-electron chi connectivity index (χ3n) is 3.89. The first kappa shape index (κ1) is 22.6. The van der Waals surface area contributed by atoms with E-state index in [4.69, 9.17) is 4.74 Å². The number of anilines is 1. The first-order valence-electron chi connectivity index (χ1n) is 8.34. The summed E-state index contributed by atoms with van der Waals surface area (Å²) >= 11 is 0.972. The Morgan fingerprint density at radius 2 is 1.71 bits per heavy atom. The SMILES string of the molecule is COC(=O)c1sccc1Oc1ccc(C(F)(F)F)cc1NS(=O)(=O)c1ccc(F)cc1. The third kappa shape index (κ3) is 5.14. The van der Waals surface area contributed by atoms with Crippen LogP contribution in [0.4, 0.5) is 23.2 Å². The summed E-state index contributed by atoms with van der Waals surface area (Å²) in [5.74, 6) is -1.73. The number of carbonyl (C=O) groups is 1. The van der Waals surface area contributed by atoms with Crippen LogP contribution in [-0.4, -0.2) is 21.5 Å². The lowest BCUT2D eigenvalue weighted by Crippen LogP contribution is -2.15. The van der Waals surface area contributed by atoms with Crippen molar-refractivity contribution in [3.05, 3.63) is 70.2 Å². The number of hydrogen-bond acceptors (Lipinski definition) is 6. The van der Waals surface area contributed by atoms with Crippen molar-refractivity contribution in [3.63, 3.8) is 0 Å². The van der Waals surface area contributed by atoms with Crippen LogP contribution in [-0.2, 0) is 20.9 Å². The Kier molecular flexibility index (Phi) is 6.23. The first-order chi connectivity index (χ1) is 14.5. The number of rotatable bonds is 6. The van der Waals surface area contributed by atoms with Crippen molar-refractivity contribution in [3.8, 4) is 11.5 Å². The molecule has 0 unspecified atom stereocenters. The minimum atomic E-state index is -4.76. The van der Waals surface area contributed by atoms with Gasteiger partial charge in [0.1, 0.15) is 5.82 Å². The second kappa shape index (κ2) is 8.55. The monoisotopic (exact) mass is 475 g/mol.